The highest BCUT2D eigenvalue weighted by atomic mass is 35.9. The molecule has 0 spiro atoms. The first-order valence-electron chi connectivity index (χ1n) is 18.3. The molecule has 0 rings (SSSR count). The Labute approximate surface area is 280 Å². The fourth-order valence-electron chi connectivity index (χ4n) is 5.37. The van der Waals surface area contributed by atoms with Crippen LogP contribution >= 0.6 is 28.6 Å². The lowest BCUT2D eigenvalue weighted by atomic mass is 10.0. The molecule has 44 heavy (non-hydrogen) atoms. The first kappa shape index (κ1) is 43.7. The predicted molar refractivity (Wildman–Crippen MR) is 187 cm³/mol. The monoisotopic (exact) mass is 684 g/mol. The zero-order chi connectivity index (χ0) is 32.6. The van der Waals surface area contributed by atoms with Gasteiger partial charge in [-0.2, -0.15) is 0 Å². The standard InChI is InChI=1S/C35H67Cl2O6P/c1-3-5-7-9-11-13-15-17-19-21-23-25-27-29-34(38)41-31-33(43-44(36,37)40)32-42-35(39)30-28-26-24-22-20-18-16-14-12-10-8-6-4-2/h33H,3-32H2,1-2H3. The number of hydrogen-bond acceptors (Lipinski definition) is 6. The maximum atomic E-state index is 12.2. The molecule has 0 amide bonds. The molecule has 0 aliphatic carbocycles. The third-order valence-corrected chi connectivity index (χ3v) is 9.12. The van der Waals surface area contributed by atoms with Gasteiger partial charge in [0.1, 0.15) is 19.3 Å². The zero-order valence-electron chi connectivity index (χ0n) is 28.4. The number of carbonyl (C=O) groups is 2. The van der Waals surface area contributed by atoms with Crippen molar-refractivity contribution < 1.29 is 28.2 Å². The Bertz CT molecular complexity index is 657. The molecular weight excluding hydrogens is 618 g/mol. The van der Waals surface area contributed by atoms with Gasteiger partial charge in [-0.15, -0.1) is 0 Å². The molecule has 0 aliphatic rings. The van der Waals surface area contributed by atoms with Crippen LogP contribution in [0.5, 0.6) is 0 Å². The van der Waals surface area contributed by atoms with Crippen LogP contribution in [0.1, 0.15) is 194 Å². The predicted octanol–water partition coefficient (Wildman–Crippen LogP) is 13.0. The van der Waals surface area contributed by atoms with E-state index in [2.05, 4.69) is 13.8 Å². The lowest BCUT2D eigenvalue weighted by Crippen LogP contribution is -2.27. The first-order chi connectivity index (χ1) is 21.3. The minimum atomic E-state index is -3.88. The molecule has 0 atom stereocenters. The molecule has 0 saturated carbocycles. The van der Waals surface area contributed by atoms with Gasteiger partial charge in [0.15, 0.2) is 0 Å². The molecule has 262 valence electrons. The largest absolute Gasteiger partial charge is 0.463 e. The molecule has 0 aliphatic heterocycles. The van der Waals surface area contributed by atoms with E-state index in [1.54, 1.807) is 0 Å². The van der Waals surface area contributed by atoms with Crippen molar-refractivity contribution in [3.63, 3.8) is 0 Å². The summed E-state index contributed by atoms with van der Waals surface area (Å²) >= 11 is 11.1. The summed E-state index contributed by atoms with van der Waals surface area (Å²) in [5, 5.41) is 0. The number of unbranched alkanes of at least 4 members (excludes halogenated alkanes) is 24. The molecular formula is C35H67Cl2O6P. The summed E-state index contributed by atoms with van der Waals surface area (Å²) in [6.45, 7) is 4.07. The molecule has 0 aromatic rings. The van der Waals surface area contributed by atoms with Crippen LogP contribution in [0.3, 0.4) is 0 Å². The number of halogens is 2. The van der Waals surface area contributed by atoms with Crippen LogP contribution in [0.25, 0.3) is 0 Å². The Hall–Kier alpha value is -0.290. The van der Waals surface area contributed by atoms with E-state index in [0.717, 1.165) is 38.5 Å². The van der Waals surface area contributed by atoms with E-state index in [1.807, 2.05) is 0 Å². The number of carbonyl (C=O) groups excluding carboxylic acids is 2. The molecule has 0 fully saturated rings. The molecule has 0 aromatic carbocycles. The molecule has 0 heterocycles. The Kier molecular flexibility index (Phi) is 32.4. The lowest BCUT2D eigenvalue weighted by Gasteiger charge is -2.18. The van der Waals surface area contributed by atoms with Crippen LogP contribution in [0, 0.1) is 0 Å². The van der Waals surface area contributed by atoms with E-state index in [4.69, 9.17) is 36.5 Å². The fourth-order valence-corrected chi connectivity index (χ4v) is 6.52. The molecule has 0 unspecified atom stereocenters. The van der Waals surface area contributed by atoms with Crippen molar-refractivity contribution in [2.45, 2.75) is 200 Å². The second-order valence-corrected chi connectivity index (χ2v) is 16.7. The van der Waals surface area contributed by atoms with Crippen molar-refractivity contribution in [2.75, 3.05) is 13.2 Å². The summed E-state index contributed by atoms with van der Waals surface area (Å²) in [6.07, 6.45) is 27.9. The Morgan fingerprint density at radius 3 is 0.977 bits per heavy atom. The Morgan fingerprint density at radius 1 is 0.477 bits per heavy atom. The summed E-state index contributed by atoms with van der Waals surface area (Å²) in [5.74, 6) is -0.724. The van der Waals surface area contributed by atoms with E-state index < -0.39 is 12.2 Å². The fraction of sp³-hybridized carbons (Fsp3) is 0.943. The second kappa shape index (κ2) is 32.6. The minimum Gasteiger partial charge on any atom is -0.463 e. The van der Waals surface area contributed by atoms with Crippen molar-refractivity contribution in [2.24, 2.45) is 0 Å². The van der Waals surface area contributed by atoms with Gasteiger partial charge in [-0.1, -0.05) is 168 Å². The third-order valence-electron chi connectivity index (χ3n) is 8.10. The van der Waals surface area contributed by atoms with Gasteiger partial charge in [-0.05, 0) is 35.3 Å². The van der Waals surface area contributed by atoms with Gasteiger partial charge in [0, 0.05) is 12.8 Å². The number of rotatable bonds is 34. The maximum absolute atomic E-state index is 12.2. The second-order valence-electron chi connectivity index (χ2n) is 12.5. The van der Waals surface area contributed by atoms with Crippen LogP contribution in [-0.4, -0.2) is 31.3 Å². The smallest absolute Gasteiger partial charge is 0.380 e. The van der Waals surface area contributed by atoms with Crippen LogP contribution in [0.15, 0.2) is 0 Å². The van der Waals surface area contributed by atoms with E-state index >= 15 is 0 Å². The highest BCUT2D eigenvalue weighted by molar-refractivity contribution is 8.05. The van der Waals surface area contributed by atoms with Gasteiger partial charge >= 0.3 is 18.0 Å². The Morgan fingerprint density at radius 2 is 0.727 bits per heavy atom. The molecule has 0 bridgehead atoms. The van der Waals surface area contributed by atoms with Crippen molar-refractivity contribution in [1.82, 2.24) is 0 Å². The molecule has 9 heteroatoms. The van der Waals surface area contributed by atoms with Crippen LogP contribution in [0.2, 0.25) is 0 Å². The van der Waals surface area contributed by atoms with Crippen molar-refractivity contribution in [3.8, 4) is 0 Å². The van der Waals surface area contributed by atoms with Crippen molar-refractivity contribution in [3.05, 3.63) is 0 Å². The van der Waals surface area contributed by atoms with Gasteiger partial charge in [0.05, 0.1) is 0 Å². The Balaban J connectivity index is 3.85. The zero-order valence-corrected chi connectivity index (χ0v) is 30.8. The molecule has 6 nitrogen and oxygen atoms in total. The summed E-state index contributed by atoms with van der Waals surface area (Å²) in [4.78, 5) is 24.4. The molecule has 0 radical (unpaired) electrons. The summed E-state index contributed by atoms with van der Waals surface area (Å²) in [6, 6.07) is 0. The SMILES string of the molecule is CCCCCCCCCCCCCCCC(=O)OCC(COC(=O)CCCCCCCCCCCCCCC)OP(=O)(Cl)Cl. The van der Waals surface area contributed by atoms with Gasteiger partial charge in [-0.25, -0.2) is 0 Å². The van der Waals surface area contributed by atoms with Crippen LogP contribution in [0.4, 0.5) is 0 Å². The van der Waals surface area contributed by atoms with Gasteiger partial charge in [-0.3, -0.25) is 18.7 Å². The number of ether oxygens (including phenoxy) is 2. The topological polar surface area (TPSA) is 78.9 Å². The van der Waals surface area contributed by atoms with Crippen molar-refractivity contribution in [1.29, 1.82) is 0 Å². The van der Waals surface area contributed by atoms with Crippen molar-refractivity contribution >= 4 is 40.5 Å². The summed E-state index contributed by atoms with van der Waals surface area (Å²) in [7, 11) is 0. The first-order valence-corrected chi connectivity index (χ1v) is 21.7. The lowest BCUT2D eigenvalue weighted by molar-refractivity contribution is -0.151. The summed E-state index contributed by atoms with van der Waals surface area (Å²) < 4.78 is 27.4. The van der Waals surface area contributed by atoms with Gasteiger partial charge < -0.3 is 9.47 Å². The van der Waals surface area contributed by atoms with E-state index in [1.165, 1.54) is 128 Å². The molecule has 0 N–H and O–H groups in total. The van der Waals surface area contributed by atoms with E-state index in [-0.39, 0.29) is 25.2 Å². The maximum Gasteiger partial charge on any atom is 0.380 e. The van der Waals surface area contributed by atoms with Crippen LogP contribution in [-0.2, 0) is 28.2 Å². The number of esters is 2. The van der Waals surface area contributed by atoms with E-state index in [9.17, 15) is 14.2 Å². The minimum absolute atomic E-state index is 0.216. The average Bonchev–Trinajstić information content (AvgIpc) is 2.98. The molecule has 0 saturated heterocycles. The summed E-state index contributed by atoms with van der Waals surface area (Å²) in [5.41, 5.74) is 0. The quantitative estimate of drug-likeness (QED) is 0.0381. The molecule has 0 aromatic heterocycles. The third kappa shape index (κ3) is 34.6. The average molecular weight is 686 g/mol. The number of hydrogen-bond donors (Lipinski definition) is 0. The highest BCUT2D eigenvalue weighted by Crippen LogP contribution is 2.58. The van der Waals surface area contributed by atoms with Crippen LogP contribution < -0.4 is 0 Å². The normalized spacial score (nSPS) is 11.8. The van der Waals surface area contributed by atoms with Gasteiger partial charge in [0.25, 0.3) is 0 Å². The van der Waals surface area contributed by atoms with Gasteiger partial charge in [0.2, 0.25) is 0 Å². The van der Waals surface area contributed by atoms with E-state index in [0.29, 0.717) is 12.8 Å². The highest BCUT2D eigenvalue weighted by Gasteiger charge is 2.25.